The van der Waals surface area contributed by atoms with Gasteiger partial charge in [0.2, 0.25) is 0 Å². The molecule has 4 rings (SSSR count). The van der Waals surface area contributed by atoms with Gasteiger partial charge in [0.05, 0.1) is 15.6 Å². The van der Waals surface area contributed by atoms with E-state index in [0.717, 1.165) is 17.1 Å². The molecule has 2 aromatic carbocycles. The van der Waals surface area contributed by atoms with Crippen molar-refractivity contribution in [3.05, 3.63) is 80.8 Å². The molecular formula is C27H27ClF3N3O3S. The van der Waals surface area contributed by atoms with Crippen LogP contribution in [0.1, 0.15) is 59.2 Å². The number of piperidine rings is 1. The Morgan fingerprint density at radius 1 is 1.11 bits per heavy atom. The molecule has 2 heterocycles. The minimum Gasteiger partial charge on any atom is -0.476 e. The summed E-state index contributed by atoms with van der Waals surface area (Å²) in [5, 5.41) is 5.64. The number of aromatic nitrogens is 1. The number of ether oxygens (including phenoxy) is 1. The summed E-state index contributed by atoms with van der Waals surface area (Å²) in [5.74, 6) is 0.0549. The molecule has 1 aliphatic heterocycles. The monoisotopic (exact) mass is 565 g/mol. The average Bonchev–Trinajstić information content (AvgIpc) is 3.38. The van der Waals surface area contributed by atoms with E-state index in [1.165, 1.54) is 23.5 Å². The minimum atomic E-state index is -4.40. The van der Waals surface area contributed by atoms with Crippen LogP contribution in [0.4, 0.5) is 13.2 Å². The van der Waals surface area contributed by atoms with E-state index in [2.05, 4.69) is 10.3 Å². The molecule has 1 fully saturated rings. The summed E-state index contributed by atoms with van der Waals surface area (Å²) in [6, 6.07) is 11.7. The molecule has 38 heavy (non-hydrogen) atoms. The molecule has 1 aliphatic rings. The molecule has 1 N–H and O–H groups in total. The van der Waals surface area contributed by atoms with E-state index in [1.54, 1.807) is 48.4 Å². The van der Waals surface area contributed by atoms with Gasteiger partial charge in [-0.25, -0.2) is 4.98 Å². The predicted octanol–water partition coefficient (Wildman–Crippen LogP) is 6.31. The SMILES string of the molecule is CC(C)(Oc1ccccc1Cl)C(=O)N1CCC(c2nc(C(=O)NCc3ccc(C(F)(F)F)cc3)cs2)CC1. The molecule has 202 valence electrons. The first-order valence-corrected chi connectivity index (χ1v) is 13.3. The number of carbonyl (C=O) groups excluding carboxylic acids is 2. The van der Waals surface area contributed by atoms with Crippen LogP contribution in [0.25, 0.3) is 0 Å². The number of amides is 2. The van der Waals surface area contributed by atoms with Gasteiger partial charge in [-0.05, 0) is 56.5 Å². The fourth-order valence-electron chi connectivity index (χ4n) is 4.22. The summed E-state index contributed by atoms with van der Waals surface area (Å²) in [6.07, 6.45) is -3.00. The number of likely N-dealkylation sites (tertiary alicyclic amines) is 1. The third-order valence-electron chi connectivity index (χ3n) is 6.34. The number of carbonyl (C=O) groups is 2. The van der Waals surface area contributed by atoms with E-state index < -0.39 is 23.2 Å². The highest BCUT2D eigenvalue weighted by Gasteiger charge is 2.37. The van der Waals surface area contributed by atoms with E-state index >= 15 is 0 Å². The van der Waals surface area contributed by atoms with Gasteiger partial charge in [-0.2, -0.15) is 13.2 Å². The molecule has 6 nitrogen and oxygen atoms in total. The highest BCUT2D eigenvalue weighted by atomic mass is 35.5. The van der Waals surface area contributed by atoms with Crippen LogP contribution in [0.5, 0.6) is 5.75 Å². The summed E-state index contributed by atoms with van der Waals surface area (Å²) in [6.45, 7) is 4.61. The van der Waals surface area contributed by atoms with Crippen molar-refractivity contribution < 1.29 is 27.5 Å². The third kappa shape index (κ3) is 6.66. The van der Waals surface area contributed by atoms with Gasteiger partial charge in [0.1, 0.15) is 11.4 Å². The molecule has 0 spiro atoms. The summed E-state index contributed by atoms with van der Waals surface area (Å²) in [5.41, 5.74) is -0.997. The zero-order valence-corrected chi connectivity index (χ0v) is 22.4. The van der Waals surface area contributed by atoms with Gasteiger partial charge in [0, 0.05) is 30.9 Å². The van der Waals surface area contributed by atoms with Crippen molar-refractivity contribution in [1.82, 2.24) is 15.2 Å². The molecule has 1 saturated heterocycles. The molecule has 0 bridgehead atoms. The van der Waals surface area contributed by atoms with Crippen molar-refractivity contribution in [1.29, 1.82) is 0 Å². The second kappa shape index (κ2) is 11.3. The van der Waals surface area contributed by atoms with Gasteiger partial charge >= 0.3 is 6.18 Å². The number of para-hydroxylation sites is 1. The Bertz CT molecular complexity index is 1290. The molecule has 2 amide bonds. The lowest BCUT2D eigenvalue weighted by molar-refractivity contribution is -0.146. The molecule has 0 unspecified atom stereocenters. The zero-order valence-electron chi connectivity index (χ0n) is 20.8. The molecule has 1 aromatic heterocycles. The fourth-order valence-corrected chi connectivity index (χ4v) is 5.37. The van der Waals surface area contributed by atoms with Crippen LogP contribution in [-0.2, 0) is 17.5 Å². The van der Waals surface area contributed by atoms with Crippen molar-refractivity contribution in [3.8, 4) is 5.75 Å². The Kier molecular flexibility index (Phi) is 8.32. The van der Waals surface area contributed by atoms with Crippen molar-refractivity contribution in [2.75, 3.05) is 13.1 Å². The number of nitrogens with one attached hydrogen (secondary N) is 1. The molecule has 3 aromatic rings. The number of benzene rings is 2. The van der Waals surface area contributed by atoms with Gasteiger partial charge in [0.15, 0.2) is 5.60 Å². The second-order valence-electron chi connectivity index (χ2n) is 9.56. The Morgan fingerprint density at radius 2 is 1.76 bits per heavy atom. The van der Waals surface area contributed by atoms with Gasteiger partial charge in [-0.1, -0.05) is 35.9 Å². The van der Waals surface area contributed by atoms with Crippen LogP contribution in [-0.4, -0.2) is 40.4 Å². The number of hydrogen-bond acceptors (Lipinski definition) is 5. The smallest absolute Gasteiger partial charge is 0.416 e. The normalized spacial score (nSPS) is 14.8. The predicted molar refractivity (Wildman–Crippen MR) is 139 cm³/mol. The first kappa shape index (κ1) is 27.9. The Labute approximate surface area is 227 Å². The van der Waals surface area contributed by atoms with E-state index in [4.69, 9.17) is 16.3 Å². The van der Waals surface area contributed by atoms with Crippen LogP contribution in [0.3, 0.4) is 0 Å². The first-order valence-electron chi connectivity index (χ1n) is 12.1. The quantitative estimate of drug-likeness (QED) is 0.364. The molecule has 0 aliphatic carbocycles. The lowest BCUT2D eigenvalue weighted by atomic mass is 9.96. The number of nitrogens with zero attached hydrogens (tertiary/aromatic N) is 2. The Hall–Kier alpha value is -3.11. The molecule has 0 radical (unpaired) electrons. The van der Waals surface area contributed by atoms with Gasteiger partial charge < -0.3 is 15.0 Å². The van der Waals surface area contributed by atoms with E-state index in [0.29, 0.717) is 42.3 Å². The molecule has 11 heteroatoms. The number of thiazole rings is 1. The number of hydrogen-bond donors (Lipinski definition) is 1. The van der Waals surface area contributed by atoms with Crippen LogP contribution in [0.15, 0.2) is 53.9 Å². The molecule has 0 atom stereocenters. The van der Waals surface area contributed by atoms with Crippen molar-refractivity contribution >= 4 is 34.8 Å². The maximum absolute atomic E-state index is 13.2. The van der Waals surface area contributed by atoms with Crippen molar-refractivity contribution in [2.45, 2.75) is 50.9 Å². The summed E-state index contributed by atoms with van der Waals surface area (Å²) in [4.78, 5) is 32.0. The molecular weight excluding hydrogens is 539 g/mol. The standard InChI is InChI=1S/C27H27ClF3N3O3S/c1-26(2,37-22-6-4-3-5-20(22)28)25(36)34-13-11-18(12-14-34)24-33-21(16-38-24)23(35)32-15-17-7-9-19(10-8-17)27(29,30)31/h3-10,16,18H,11-15H2,1-2H3,(H,32,35). The Balaban J connectivity index is 1.28. The number of rotatable bonds is 7. The highest BCUT2D eigenvalue weighted by molar-refractivity contribution is 7.09. The molecule has 0 saturated carbocycles. The fraction of sp³-hybridized carbons (Fsp3) is 0.370. The van der Waals surface area contributed by atoms with Gasteiger partial charge in [0.25, 0.3) is 11.8 Å². The van der Waals surface area contributed by atoms with Crippen LogP contribution < -0.4 is 10.1 Å². The van der Waals surface area contributed by atoms with Crippen LogP contribution in [0, 0.1) is 0 Å². The van der Waals surface area contributed by atoms with E-state index in [-0.39, 0.29) is 24.1 Å². The minimum absolute atomic E-state index is 0.0936. The average molecular weight is 566 g/mol. The lowest BCUT2D eigenvalue weighted by Gasteiger charge is -2.36. The van der Waals surface area contributed by atoms with Crippen molar-refractivity contribution in [2.24, 2.45) is 0 Å². The summed E-state index contributed by atoms with van der Waals surface area (Å²) in [7, 11) is 0. The van der Waals surface area contributed by atoms with Gasteiger partial charge in [-0.3, -0.25) is 9.59 Å². The van der Waals surface area contributed by atoms with Gasteiger partial charge in [-0.15, -0.1) is 11.3 Å². The highest BCUT2D eigenvalue weighted by Crippen LogP contribution is 2.33. The van der Waals surface area contributed by atoms with Crippen molar-refractivity contribution in [3.63, 3.8) is 0 Å². The lowest BCUT2D eigenvalue weighted by Crippen LogP contribution is -2.51. The third-order valence-corrected chi connectivity index (χ3v) is 7.66. The van der Waals surface area contributed by atoms with Crippen LogP contribution >= 0.6 is 22.9 Å². The maximum Gasteiger partial charge on any atom is 0.416 e. The number of halogens is 4. The summed E-state index contributed by atoms with van der Waals surface area (Å²) >= 11 is 7.57. The van der Waals surface area contributed by atoms with Crippen LogP contribution in [0.2, 0.25) is 5.02 Å². The second-order valence-corrected chi connectivity index (χ2v) is 10.9. The largest absolute Gasteiger partial charge is 0.476 e. The van der Waals surface area contributed by atoms with E-state index in [9.17, 15) is 22.8 Å². The Morgan fingerprint density at radius 3 is 2.39 bits per heavy atom. The first-order chi connectivity index (χ1) is 17.9. The topological polar surface area (TPSA) is 71.5 Å². The maximum atomic E-state index is 13.2. The zero-order chi connectivity index (χ0) is 27.5. The number of alkyl halides is 3. The van der Waals surface area contributed by atoms with E-state index in [1.807, 2.05) is 0 Å². The summed E-state index contributed by atoms with van der Waals surface area (Å²) < 4.78 is 44.1.